The molecular weight excluding hydrogens is 464 g/mol. The highest BCUT2D eigenvalue weighted by atomic mass is 79.9. The first-order chi connectivity index (χ1) is 7.67. The zero-order chi connectivity index (χ0) is 12.0. The van der Waals surface area contributed by atoms with E-state index < -0.39 is 0 Å². The summed E-state index contributed by atoms with van der Waals surface area (Å²) in [6, 6.07) is 8.68. The molecule has 0 aliphatic rings. The molecule has 0 bridgehead atoms. The van der Waals surface area contributed by atoms with E-state index in [2.05, 4.69) is 88.0 Å². The Balaban J connectivity index is 2.75. The molecule has 0 aromatic heterocycles. The fourth-order valence-corrected chi connectivity index (χ4v) is 2.70. The van der Waals surface area contributed by atoms with Gasteiger partial charge in [0.2, 0.25) is 0 Å². The summed E-state index contributed by atoms with van der Waals surface area (Å²) >= 11 is 14.3. The zero-order valence-electron chi connectivity index (χ0n) is 8.80. The van der Waals surface area contributed by atoms with Gasteiger partial charge in [-0.3, -0.25) is 0 Å². The van der Waals surface area contributed by atoms with E-state index in [9.17, 15) is 0 Å². The van der Waals surface area contributed by atoms with Gasteiger partial charge in [0.15, 0.2) is 0 Å². The van der Waals surface area contributed by atoms with Gasteiger partial charge < -0.3 is 0 Å². The van der Waals surface area contributed by atoms with Crippen LogP contribution in [-0.2, 0) is 12.8 Å². The lowest BCUT2D eigenvalue weighted by atomic mass is 10.00. The van der Waals surface area contributed by atoms with Crippen molar-refractivity contribution in [1.82, 2.24) is 0 Å². The van der Waals surface area contributed by atoms with E-state index in [4.69, 9.17) is 0 Å². The van der Waals surface area contributed by atoms with Crippen LogP contribution in [0.4, 0.5) is 0 Å². The van der Waals surface area contributed by atoms with Crippen LogP contribution in [0.5, 0.6) is 0 Å². The van der Waals surface area contributed by atoms with E-state index in [1.165, 1.54) is 11.1 Å². The van der Waals surface area contributed by atoms with Gasteiger partial charge in [0.1, 0.15) is 0 Å². The number of alkyl halides is 4. The molecule has 0 N–H and O–H groups in total. The second-order valence-corrected chi connectivity index (χ2v) is 7.57. The van der Waals surface area contributed by atoms with Crippen LogP contribution >= 0.6 is 63.7 Å². The van der Waals surface area contributed by atoms with Gasteiger partial charge in [0.05, 0.1) is 0 Å². The molecule has 0 aliphatic carbocycles. The Morgan fingerprint density at radius 2 is 1.19 bits per heavy atom. The molecule has 1 aromatic rings. The maximum Gasteiger partial charge on any atom is 0.0283 e. The second-order valence-electron chi connectivity index (χ2n) is 3.68. The lowest BCUT2D eigenvalue weighted by Crippen LogP contribution is -2.10. The minimum absolute atomic E-state index is 0.506. The third kappa shape index (κ3) is 5.19. The van der Waals surface area contributed by atoms with Crippen molar-refractivity contribution in [3.05, 3.63) is 35.4 Å². The fourth-order valence-electron chi connectivity index (χ4n) is 1.54. The Hall–Kier alpha value is 1.14. The first-order valence-electron chi connectivity index (χ1n) is 5.14. The Morgan fingerprint density at radius 3 is 1.50 bits per heavy atom. The predicted octanol–water partition coefficient (Wildman–Crippen LogP) is 5.09. The van der Waals surface area contributed by atoms with Crippen LogP contribution in [-0.4, -0.2) is 20.3 Å². The molecule has 16 heavy (non-hydrogen) atoms. The van der Waals surface area contributed by atoms with Crippen LogP contribution in [0.1, 0.15) is 11.1 Å². The summed E-state index contributed by atoms with van der Waals surface area (Å²) in [7, 11) is 0. The van der Waals surface area contributed by atoms with Gasteiger partial charge in [-0.15, -0.1) is 0 Å². The van der Waals surface area contributed by atoms with Crippen molar-refractivity contribution in [2.45, 2.75) is 22.5 Å². The molecular formula is C12H14Br4. The number of hydrogen-bond acceptors (Lipinski definition) is 0. The summed E-state index contributed by atoms with van der Waals surface area (Å²) in [5.41, 5.74) is 2.88. The van der Waals surface area contributed by atoms with Gasteiger partial charge in [-0.05, 0) is 24.0 Å². The van der Waals surface area contributed by atoms with Crippen molar-refractivity contribution in [3.63, 3.8) is 0 Å². The summed E-state index contributed by atoms with van der Waals surface area (Å²) in [5, 5.41) is 1.97. The molecule has 4 heteroatoms. The molecule has 0 amide bonds. The lowest BCUT2D eigenvalue weighted by Gasteiger charge is -2.13. The summed E-state index contributed by atoms with van der Waals surface area (Å²) in [5.74, 6) is 0. The van der Waals surface area contributed by atoms with Crippen LogP contribution in [0.25, 0.3) is 0 Å². The Labute approximate surface area is 131 Å². The van der Waals surface area contributed by atoms with Gasteiger partial charge in [-0.1, -0.05) is 88.0 Å². The highest BCUT2D eigenvalue weighted by Gasteiger charge is 2.10. The molecule has 0 nitrogen and oxygen atoms in total. The SMILES string of the molecule is BrCC(Br)Cc1ccccc1CC(Br)CBr. The first-order valence-corrected chi connectivity index (χ1v) is 9.21. The van der Waals surface area contributed by atoms with E-state index in [0.29, 0.717) is 9.65 Å². The van der Waals surface area contributed by atoms with E-state index in [1.54, 1.807) is 0 Å². The Morgan fingerprint density at radius 1 is 0.812 bits per heavy atom. The zero-order valence-corrected chi connectivity index (χ0v) is 15.1. The van der Waals surface area contributed by atoms with Crippen molar-refractivity contribution in [3.8, 4) is 0 Å². The van der Waals surface area contributed by atoms with Gasteiger partial charge in [0, 0.05) is 20.3 Å². The highest BCUT2D eigenvalue weighted by Crippen LogP contribution is 2.20. The number of halogens is 4. The molecule has 2 atom stereocenters. The molecule has 1 aromatic carbocycles. The molecule has 0 saturated heterocycles. The fraction of sp³-hybridized carbons (Fsp3) is 0.500. The van der Waals surface area contributed by atoms with Crippen LogP contribution in [0, 0.1) is 0 Å². The van der Waals surface area contributed by atoms with Crippen LogP contribution in [0.3, 0.4) is 0 Å². The minimum atomic E-state index is 0.506. The highest BCUT2D eigenvalue weighted by molar-refractivity contribution is 9.12. The van der Waals surface area contributed by atoms with Crippen molar-refractivity contribution in [1.29, 1.82) is 0 Å². The summed E-state index contributed by atoms with van der Waals surface area (Å²) in [6.45, 7) is 0. The third-order valence-electron chi connectivity index (χ3n) is 2.34. The normalized spacial score (nSPS) is 14.8. The summed E-state index contributed by atoms with van der Waals surface area (Å²) < 4.78 is 0. The summed E-state index contributed by atoms with van der Waals surface area (Å²) in [4.78, 5) is 1.01. The molecule has 0 heterocycles. The van der Waals surface area contributed by atoms with Crippen molar-refractivity contribution in [2.24, 2.45) is 0 Å². The van der Waals surface area contributed by atoms with Crippen LogP contribution in [0.15, 0.2) is 24.3 Å². The van der Waals surface area contributed by atoms with Gasteiger partial charge >= 0.3 is 0 Å². The average Bonchev–Trinajstić information content (AvgIpc) is 2.31. The quantitative estimate of drug-likeness (QED) is 0.501. The Kier molecular flexibility index (Phi) is 7.86. The van der Waals surface area contributed by atoms with E-state index in [1.807, 2.05) is 0 Å². The van der Waals surface area contributed by atoms with Gasteiger partial charge in [-0.2, -0.15) is 0 Å². The maximum absolute atomic E-state index is 3.66. The van der Waals surface area contributed by atoms with E-state index in [-0.39, 0.29) is 0 Å². The predicted molar refractivity (Wildman–Crippen MR) is 86.9 cm³/mol. The smallest absolute Gasteiger partial charge is 0.0283 e. The van der Waals surface area contributed by atoms with Crippen LogP contribution < -0.4 is 0 Å². The maximum atomic E-state index is 3.66. The van der Waals surface area contributed by atoms with Crippen molar-refractivity contribution < 1.29 is 0 Å². The Bertz CT molecular complexity index is 283. The molecule has 0 fully saturated rings. The molecule has 0 spiro atoms. The largest absolute Gasteiger partial charge is 0.0916 e. The molecule has 0 saturated carbocycles. The van der Waals surface area contributed by atoms with Crippen LogP contribution in [0.2, 0.25) is 0 Å². The summed E-state index contributed by atoms with van der Waals surface area (Å²) in [6.07, 6.45) is 2.15. The van der Waals surface area contributed by atoms with E-state index >= 15 is 0 Å². The second kappa shape index (κ2) is 8.28. The van der Waals surface area contributed by atoms with Crippen molar-refractivity contribution >= 4 is 63.7 Å². The molecule has 0 radical (unpaired) electrons. The number of benzene rings is 1. The van der Waals surface area contributed by atoms with Gasteiger partial charge in [-0.25, -0.2) is 0 Å². The molecule has 1 rings (SSSR count). The number of rotatable bonds is 6. The molecule has 90 valence electrons. The average molecular weight is 478 g/mol. The first kappa shape index (κ1) is 15.2. The topological polar surface area (TPSA) is 0 Å². The minimum Gasteiger partial charge on any atom is -0.0916 e. The monoisotopic (exact) mass is 474 g/mol. The van der Waals surface area contributed by atoms with E-state index in [0.717, 1.165) is 23.5 Å². The lowest BCUT2D eigenvalue weighted by molar-refractivity contribution is 0.908. The standard InChI is InChI=1S/C12H14Br4/c13-7-11(15)5-9-3-1-2-4-10(9)6-12(16)8-14/h1-4,11-12H,5-8H2. The van der Waals surface area contributed by atoms with Crippen molar-refractivity contribution in [2.75, 3.05) is 10.7 Å². The molecule has 2 unspecified atom stereocenters. The third-order valence-corrected chi connectivity index (χ3v) is 6.93. The molecule has 0 aliphatic heterocycles. The number of hydrogen-bond donors (Lipinski definition) is 0. The van der Waals surface area contributed by atoms with Gasteiger partial charge in [0.25, 0.3) is 0 Å².